The zero-order valence-electron chi connectivity index (χ0n) is 22.2. The Morgan fingerprint density at radius 3 is 1.16 bits per heavy atom. The number of thiocarbonyl (C=S) groups is 1. The van der Waals surface area contributed by atoms with Crippen LogP contribution in [0, 0.1) is 41.7 Å². The average Bonchev–Trinajstić information content (AvgIpc) is 3.01. The van der Waals surface area contributed by atoms with Crippen molar-refractivity contribution in [2.75, 3.05) is 8.61 Å². The smallest absolute Gasteiger partial charge is 0.258 e. The molecule has 0 amide bonds. The van der Waals surface area contributed by atoms with Gasteiger partial charge in [0.2, 0.25) is 5.11 Å². The Hall–Kier alpha value is -5.84. The van der Waals surface area contributed by atoms with Crippen LogP contribution in [0.15, 0.2) is 107 Å². The molecule has 0 spiro atoms. The molecular weight excluding hydrogens is 653 g/mol. The number of hydrogen-bond acceptors (Lipinski definition) is 12. The lowest BCUT2D eigenvalue weighted by atomic mass is 10.2. The fraction of sp³-hybridized carbons (Fsp3) is 0. The highest BCUT2D eigenvalue weighted by atomic mass is 32.2. The van der Waals surface area contributed by atoms with E-state index in [1.165, 1.54) is 24.3 Å². The summed E-state index contributed by atoms with van der Waals surface area (Å²) in [5.74, 6) is 0. The highest BCUT2D eigenvalue weighted by Crippen LogP contribution is 2.33. The molecule has 45 heavy (non-hydrogen) atoms. The molecule has 0 heterocycles. The Morgan fingerprint density at radius 1 is 0.578 bits per heavy atom. The Bertz CT molecular complexity index is 2080. The first-order chi connectivity index (χ1) is 21.2. The van der Waals surface area contributed by atoms with E-state index < -0.39 is 66.8 Å². The van der Waals surface area contributed by atoms with Crippen molar-refractivity contribution in [3.05, 3.63) is 133 Å². The van der Waals surface area contributed by atoms with Crippen LogP contribution in [0.1, 0.15) is 5.56 Å². The number of rotatable bonds is 9. The maximum atomic E-state index is 14.1. The van der Waals surface area contributed by atoms with Gasteiger partial charge in [-0.25, -0.2) is 25.4 Å². The predicted molar refractivity (Wildman–Crippen MR) is 162 cm³/mol. The second-order valence-corrected chi connectivity index (χ2v) is 12.7. The Kier molecular flexibility index (Phi) is 8.85. The van der Waals surface area contributed by atoms with E-state index >= 15 is 0 Å². The standard InChI is InChI=1S/C26H16N6O10S3/c27-17-18-1-3-19(4-2-18)28(44(39,40)24-13-9-22(10-14-24)31(35)36)26(43)29(20-5-7-21(8-6-20)30(33)34)45(41,42)25-15-11-23(12-16-25)32(37)38/h1-16H. The minimum absolute atomic E-state index is 0.114. The summed E-state index contributed by atoms with van der Waals surface area (Å²) < 4.78 is 57.2. The molecule has 0 fully saturated rings. The van der Waals surface area contributed by atoms with Crippen LogP contribution in [0.4, 0.5) is 28.4 Å². The van der Waals surface area contributed by atoms with Gasteiger partial charge in [-0.3, -0.25) is 30.3 Å². The third-order valence-electron chi connectivity index (χ3n) is 6.04. The Balaban J connectivity index is 1.98. The number of nitriles is 1. The van der Waals surface area contributed by atoms with Gasteiger partial charge in [-0.05, 0) is 72.9 Å². The van der Waals surface area contributed by atoms with Crippen LogP contribution in [-0.2, 0) is 20.0 Å². The van der Waals surface area contributed by atoms with Crippen molar-refractivity contribution >= 4 is 65.8 Å². The van der Waals surface area contributed by atoms with Crippen LogP contribution < -0.4 is 8.61 Å². The Morgan fingerprint density at radius 2 is 0.867 bits per heavy atom. The largest absolute Gasteiger partial charge is 0.270 e. The number of nitro groups is 3. The maximum Gasteiger partial charge on any atom is 0.270 e. The first-order valence-corrected chi connectivity index (χ1v) is 15.4. The molecule has 19 heteroatoms. The lowest BCUT2D eigenvalue weighted by Gasteiger charge is -2.32. The van der Waals surface area contributed by atoms with Gasteiger partial charge in [0.1, 0.15) is 0 Å². The van der Waals surface area contributed by atoms with E-state index in [9.17, 15) is 52.4 Å². The minimum Gasteiger partial charge on any atom is -0.258 e. The molecule has 0 aromatic heterocycles. The molecule has 4 aromatic rings. The van der Waals surface area contributed by atoms with Gasteiger partial charge >= 0.3 is 0 Å². The van der Waals surface area contributed by atoms with E-state index in [0.29, 0.717) is 8.61 Å². The van der Waals surface area contributed by atoms with E-state index in [0.717, 1.165) is 72.8 Å². The van der Waals surface area contributed by atoms with E-state index in [1.54, 1.807) is 0 Å². The molecule has 0 aliphatic rings. The van der Waals surface area contributed by atoms with Crippen molar-refractivity contribution in [3.8, 4) is 6.07 Å². The predicted octanol–water partition coefficient (Wildman–Crippen LogP) is 4.66. The molecule has 0 unspecified atom stereocenters. The van der Waals surface area contributed by atoms with E-state index in [1.807, 2.05) is 6.07 Å². The number of non-ortho nitro benzene ring substituents is 3. The lowest BCUT2D eigenvalue weighted by molar-refractivity contribution is -0.385. The zero-order valence-corrected chi connectivity index (χ0v) is 24.7. The van der Waals surface area contributed by atoms with Crippen molar-refractivity contribution in [1.29, 1.82) is 5.26 Å². The average molecular weight is 669 g/mol. The fourth-order valence-corrected chi connectivity index (χ4v) is 7.46. The highest BCUT2D eigenvalue weighted by Gasteiger charge is 2.38. The lowest BCUT2D eigenvalue weighted by Crippen LogP contribution is -2.49. The number of benzene rings is 4. The van der Waals surface area contributed by atoms with Gasteiger partial charge in [0.05, 0.1) is 47.6 Å². The summed E-state index contributed by atoms with van der Waals surface area (Å²) in [4.78, 5) is 30.2. The highest BCUT2D eigenvalue weighted by molar-refractivity contribution is 7.98. The molecule has 4 aromatic carbocycles. The number of nitro benzene ring substituents is 3. The van der Waals surface area contributed by atoms with Gasteiger partial charge in [0.15, 0.2) is 0 Å². The van der Waals surface area contributed by atoms with Crippen LogP contribution >= 0.6 is 12.2 Å². The van der Waals surface area contributed by atoms with Gasteiger partial charge < -0.3 is 0 Å². The monoisotopic (exact) mass is 668 g/mol. The molecule has 0 bridgehead atoms. The Labute approximate surface area is 259 Å². The summed E-state index contributed by atoms with van der Waals surface area (Å²) in [6.07, 6.45) is 0. The van der Waals surface area contributed by atoms with Crippen LogP contribution in [0.3, 0.4) is 0 Å². The summed E-state index contributed by atoms with van der Waals surface area (Å²) >= 11 is 5.52. The topological polar surface area (TPSA) is 228 Å². The molecule has 0 saturated heterocycles. The van der Waals surface area contributed by atoms with Gasteiger partial charge in [0, 0.05) is 36.4 Å². The zero-order chi connectivity index (χ0) is 33.1. The van der Waals surface area contributed by atoms with Crippen LogP contribution in [0.25, 0.3) is 0 Å². The number of anilines is 2. The third-order valence-corrected chi connectivity index (χ3v) is 10.1. The summed E-state index contributed by atoms with van der Waals surface area (Å²) in [5, 5.41) is 41.9. The van der Waals surface area contributed by atoms with Gasteiger partial charge in [-0.1, -0.05) is 0 Å². The van der Waals surface area contributed by atoms with Gasteiger partial charge in [-0.15, -0.1) is 0 Å². The third kappa shape index (κ3) is 6.42. The summed E-state index contributed by atoms with van der Waals surface area (Å²) in [6.45, 7) is 0. The van der Waals surface area contributed by atoms with Crippen LogP contribution in [0.5, 0.6) is 0 Å². The molecule has 0 aliphatic carbocycles. The normalized spacial score (nSPS) is 11.2. The number of hydrogen-bond donors (Lipinski definition) is 0. The molecule has 0 saturated carbocycles. The second kappa shape index (κ2) is 12.4. The van der Waals surface area contributed by atoms with Crippen molar-refractivity contribution in [3.63, 3.8) is 0 Å². The molecule has 16 nitrogen and oxygen atoms in total. The fourth-order valence-electron chi connectivity index (χ4n) is 3.86. The molecular formula is C26H16N6O10S3. The van der Waals surface area contributed by atoms with Gasteiger partial charge in [0.25, 0.3) is 37.1 Å². The molecule has 0 aliphatic heterocycles. The van der Waals surface area contributed by atoms with E-state index in [4.69, 9.17) is 12.2 Å². The van der Waals surface area contributed by atoms with Gasteiger partial charge in [-0.2, -0.15) is 5.26 Å². The van der Waals surface area contributed by atoms with E-state index in [2.05, 4.69) is 0 Å². The quantitative estimate of drug-likeness (QED) is 0.135. The molecule has 0 N–H and O–H groups in total. The summed E-state index contributed by atoms with van der Waals surface area (Å²) in [7, 11) is -9.77. The molecule has 228 valence electrons. The first kappa shape index (κ1) is 32.1. The summed E-state index contributed by atoms with van der Waals surface area (Å²) in [6, 6.07) is 17.8. The number of nitrogens with zero attached hydrogens (tertiary/aromatic N) is 6. The van der Waals surface area contributed by atoms with Crippen LogP contribution in [0.2, 0.25) is 0 Å². The molecule has 0 radical (unpaired) electrons. The molecule has 4 rings (SSSR count). The van der Waals surface area contributed by atoms with Crippen molar-refractivity contribution in [1.82, 2.24) is 0 Å². The van der Waals surface area contributed by atoms with Crippen LogP contribution in [-0.4, -0.2) is 36.7 Å². The SMILES string of the molecule is N#Cc1ccc(N(C(=S)N(c2ccc([N+](=O)[O-])cc2)S(=O)(=O)c2ccc([N+](=O)[O-])cc2)S(=O)(=O)c2ccc([N+](=O)[O-])cc2)cc1. The van der Waals surface area contributed by atoms with Crippen molar-refractivity contribution in [2.24, 2.45) is 0 Å². The maximum absolute atomic E-state index is 14.1. The van der Waals surface area contributed by atoms with E-state index in [-0.39, 0.29) is 16.9 Å². The van der Waals surface area contributed by atoms with Crippen molar-refractivity contribution < 1.29 is 31.6 Å². The first-order valence-electron chi connectivity index (χ1n) is 12.1. The summed E-state index contributed by atoms with van der Waals surface area (Å²) in [5.41, 5.74) is -1.79. The molecule has 0 atom stereocenters. The number of sulfonamides is 2. The minimum atomic E-state index is -4.90. The second-order valence-electron chi connectivity index (χ2n) is 8.76. The van der Waals surface area contributed by atoms with Crippen molar-refractivity contribution in [2.45, 2.75) is 9.79 Å².